The van der Waals surface area contributed by atoms with E-state index in [1.807, 2.05) is 24.3 Å². The van der Waals surface area contributed by atoms with Crippen molar-refractivity contribution in [3.05, 3.63) is 42.0 Å². The number of rotatable bonds is 7. The summed E-state index contributed by atoms with van der Waals surface area (Å²) in [5, 5.41) is 0.913. The van der Waals surface area contributed by atoms with Gasteiger partial charge in [0.1, 0.15) is 28.6 Å². The van der Waals surface area contributed by atoms with Crippen LogP contribution in [-0.2, 0) is 0 Å². The van der Waals surface area contributed by atoms with Crippen LogP contribution in [0.1, 0.15) is 10.4 Å². The second-order valence-corrected chi connectivity index (χ2v) is 5.87. The van der Waals surface area contributed by atoms with Gasteiger partial charge in [-0.05, 0) is 26.0 Å². The second kappa shape index (κ2) is 7.84. The summed E-state index contributed by atoms with van der Waals surface area (Å²) >= 11 is 0. The molecule has 1 unspecified atom stereocenters. The molecule has 0 radical (unpaired) electrons. The van der Waals surface area contributed by atoms with E-state index in [-0.39, 0.29) is 14.1 Å². The molecule has 0 amide bonds. The van der Waals surface area contributed by atoms with E-state index in [9.17, 15) is 4.79 Å². The smallest absolute Gasteiger partial charge is 0.193 e. The highest BCUT2D eigenvalue weighted by Crippen LogP contribution is 2.37. The van der Waals surface area contributed by atoms with Gasteiger partial charge in [-0.1, -0.05) is 12.1 Å². The zero-order valence-corrected chi connectivity index (χ0v) is 14.5. The van der Waals surface area contributed by atoms with Crippen LogP contribution in [0.5, 0.6) is 23.0 Å². The summed E-state index contributed by atoms with van der Waals surface area (Å²) in [5.41, 5.74) is 0.358. The van der Waals surface area contributed by atoms with Gasteiger partial charge in [-0.2, -0.15) is 0 Å². The molecular formula is C17H19O5P. The van der Waals surface area contributed by atoms with Crippen molar-refractivity contribution in [2.45, 2.75) is 0 Å². The van der Waals surface area contributed by atoms with E-state index in [1.165, 1.54) is 14.2 Å². The fraction of sp³-hybridized carbons (Fsp3) is 0.235. The van der Waals surface area contributed by atoms with Crippen LogP contribution < -0.4 is 24.3 Å². The molecule has 0 saturated heterocycles. The van der Waals surface area contributed by atoms with Gasteiger partial charge in [-0.3, -0.25) is 4.79 Å². The Hall–Kier alpha value is -2.26. The highest BCUT2D eigenvalue weighted by atomic mass is 31.1. The van der Waals surface area contributed by atoms with Crippen molar-refractivity contribution in [3.63, 3.8) is 0 Å². The summed E-state index contributed by atoms with van der Waals surface area (Å²) in [4.78, 5) is 12.7. The van der Waals surface area contributed by atoms with E-state index in [0.29, 0.717) is 22.8 Å². The highest BCUT2D eigenvalue weighted by Gasteiger charge is 2.20. The first-order valence-electron chi connectivity index (χ1n) is 6.88. The summed E-state index contributed by atoms with van der Waals surface area (Å²) in [6, 6.07) is 10.8. The predicted octanol–water partition coefficient (Wildman–Crippen LogP) is 2.87. The first-order chi connectivity index (χ1) is 11.1. The Balaban J connectivity index is 2.33. The van der Waals surface area contributed by atoms with Gasteiger partial charge in [-0.15, -0.1) is 0 Å². The van der Waals surface area contributed by atoms with E-state index in [4.69, 9.17) is 18.9 Å². The van der Waals surface area contributed by atoms with E-state index < -0.39 is 0 Å². The molecule has 2 rings (SSSR count). The van der Waals surface area contributed by atoms with Crippen LogP contribution in [0.2, 0.25) is 0 Å². The van der Waals surface area contributed by atoms with Crippen molar-refractivity contribution in [2.75, 3.05) is 28.4 Å². The van der Waals surface area contributed by atoms with Crippen molar-refractivity contribution in [2.24, 2.45) is 0 Å². The lowest BCUT2D eigenvalue weighted by Gasteiger charge is -2.14. The molecule has 0 fully saturated rings. The van der Waals surface area contributed by atoms with Crippen LogP contribution in [0.4, 0.5) is 0 Å². The minimum Gasteiger partial charge on any atom is -0.497 e. The molecule has 0 bridgehead atoms. The summed E-state index contributed by atoms with van der Waals surface area (Å²) in [6.45, 7) is 0. The lowest BCUT2D eigenvalue weighted by Crippen LogP contribution is -2.05. The van der Waals surface area contributed by atoms with Crippen molar-refractivity contribution in [3.8, 4) is 23.0 Å². The molecule has 5 nitrogen and oxygen atoms in total. The molecule has 23 heavy (non-hydrogen) atoms. The first-order valence-corrected chi connectivity index (χ1v) is 7.88. The highest BCUT2D eigenvalue weighted by molar-refractivity contribution is 7.66. The number of methoxy groups -OCH3 is 4. The standard InChI is InChI=1S/C17H19O5P/c1-19-11-5-7-13(8-6-11)23-17(18)16-14(21-3)9-12(20-2)10-15(16)22-4/h5-10,23H,1-4H3. The molecule has 6 heteroatoms. The summed E-state index contributed by atoms with van der Waals surface area (Å²) < 4.78 is 21.0. The number of hydrogen-bond donors (Lipinski definition) is 0. The maximum atomic E-state index is 12.7. The Morgan fingerprint density at radius 1 is 0.783 bits per heavy atom. The Labute approximate surface area is 137 Å². The summed E-state index contributed by atoms with van der Waals surface area (Å²) in [5.74, 6) is 2.20. The third kappa shape index (κ3) is 3.93. The second-order valence-electron chi connectivity index (χ2n) is 4.59. The topological polar surface area (TPSA) is 54.0 Å². The SMILES string of the molecule is COc1ccc(PC(=O)c2c(OC)cc(OC)cc2OC)cc1. The number of carbonyl (C=O) groups excluding carboxylic acids is 1. The van der Waals surface area contributed by atoms with Gasteiger partial charge in [0.05, 0.1) is 28.4 Å². The average molecular weight is 334 g/mol. The van der Waals surface area contributed by atoms with E-state index in [0.717, 1.165) is 11.1 Å². The van der Waals surface area contributed by atoms with Gasteiger partial charge in [-0.25, -0.2) is 0 Å². The summed E-state index contributed by atoms with van der Waals surface area (Å²) in [7, 11) is 6.14. The van der Waals surface area contributed by atoms with Crippen LogP contribution in [0.15, 0.2) is 36.4 Å². The minimum absolute atomic E-state index is 0.0455. The van der Waals surface area contributed by atoms with Crippen LogP contribution in [0.25, 0.3) is 0 Å². The molecule has 2 aromatic rings. The van der Waals surface area contributed by atoms with Gasteiger partial charge < -0.3 is 18.9 Å². The third-order valence-corrected chi connectivity index (χ3v) is 4.39. The Morgan fingerprint density at radius 3 is 1.74 bits per heavy atom. The van der Waals surface area contributed by atoms with Crippen LogP contribution in [-0.4, -0.2) is 34.0 Å². The molecule has 2 aromatic carbocycles. The zero-order valence-electron chi connectivity index (χ0n) is 13.5. The Bertz CT molecular complexity index is 657. The van der Waals surface area contributed by atoms with Gasteiger partial charge in [0.15, 0.2) is 5.52 Å². The quantitative estimate of drug-likeness (QED) is 0.729. The third-order valence-electron chi connectivity index (χ3n) is 3.29. The molecule has 122 valence electrons. The largest absolute Gasteiger partial charge is 0.497 e. The molecule has 0 heterocycles. The Morgan fingerprint density at radius 2 is 1.30 bits per heavy atom. The van der Waals surface area contributed by atoms with Crippen LogP contribution >= 0.6 is 8.58 Å². The normalized spacial score (nSPS) is 10.6. The lowest BCUT2D eigenvalue weighted by molar-refractivity contribution is 0.108. The molecule has 0 saturated carbocycles. The van der Waals surface area contributed by atoms with Crippen molar-refractivity contribution >= 4 is 19.4 Å². The van der Waals surface area contributed by atoms with Crippen LogP contribution in [0.3, 0.4) is 0 Å². The fourth-order valence-electron chi connectivity index (χ4n) is 2.10. The van der Waals surface area contributed by atoms with E-state index in [1.54, 1.807) is 26.4 Å². The maximum absolute atomic E-state index is 12.7. The molecule has 0 N–H and O–H groups in total. The average Bonchev–Trinajstić information content (AvgIpc) is 2.60. The number of carbonyl (C=O) groups is 1. The fourth-order valence-corrected chi connectivity index (χ4v) is 3.06. The van der Waals surface area contributed by atoms with Crippen molar-refractivity contribution in [1.29, 1.82) is 0 Å². The number of ether oxygens (including phenoxy) is 4. The van der Waals surface area contributed by atoms with Gasteiger partial charge in [0.2, 0.25) is 0 Å². The van der Waals surface area contributed by atoms with Gasteiger partial charge in [0, 0.05) is 12.1 Å². The molecule has 0 aliphatic carbocycles. The maximum Gasteiger partial charge on any atom is 0.193 e. The molecule has 0 aliphatic heterocycles. The van der Waals surface area contributed by atoms with Gasteiger partial charge >= 0.3 is 0 Å². The minimum atomic E-state index is -0.0634. The monoisotopic (exact) mass is 334 g/mol. The first kappa shape index (κ1) is 17.1. The number of benzene rings is 2. The lowest BCUT2D eigenvalue weighted by atomic mass is 10.2. The Kier molecular flexibility index (Phi) is 5.83. The predicted molar refractivity (Wildman–Crippen MR) is 91.4 cm³/mol. The van der Waals surface area contributed by atoms with Crippen molar-refractivity contribution in [1.82, 2.24) is 0 Å². The van der Waals surface area contributed by atoms with Gasteiger partial charge in [0.25, 0.3) is 0 Å². The molecule has 0 aromatic heterocycles. The molecule has 0 spiro atoms. The number of hydrogen-bond acceptors (Lipinski definition) is 5. The summed E-state index contributed by atoms with van der Waals surface area (Å²) in [6.07, 6.45) is 0. The molecule has 0 aliphatic rings. The zero-order chi connectivity index (χ0) is 16.8. The molecule has 1 atom stereocenters. The van der Waals surface area contributed by atoms with E-state index >= 15 is 0 Å². The van der Waals surface area contributed by atoms with E-state index in [2.05, 4.69) is 0 Å². The van der Waals surface area contributed by atoms with Crippen molar-refractivity contribution < 1.29 is 23.7 Å². The molecular weight excluding hydrogens is 315 g/mol. The van der Waals surface area contributed by atoms with Crippen LogP contribution in [0, 0.1) is 0 Å².